The predicted molar refractivity (Wildman–Crippen MR) is 109 cm³/mol. The fraction of sp³-hybridized carbons (Fsp3) is 0.130. The number of aromatic hydroxyl groups is 1. The molecule has 0 aliphatic carbocycles. The van der Waals surface area contributed by atoms with Gasteiger partial charge in [-0.1, -0.05) is 60.7 Å². The third kappa shape index (κ3) is 4.20. The first-order chi connectivity index (χ1) is 13.5. The molecule has 142 valence electrons. The van der Waals surface area contributed by atoms with E-state index in [4.69, 9.17) is 0 Å². The molecule has 0 aliphatic rings. The molecule has 0 fully saturated rings. The van der Waals surface area contributed by atoms with Gasteiger partial charge in [0, 0.05) is 5.69 Å². The van der Waals surface area contributed by atoms with E-state index in [0.29, 0.717) is 5.56 Å². The van der Waals surface area contributed by atoms with E-state index in [1.54, 1.807) is 36.4 Å². The molecule has 1 atom stereocenters. The number of rotatable bonds is 5. The van der Waals surface area contributed by atoms with Crippen molar-refractivity contribution in [3.63, 3.8) is 0 Å². The molecule has 2 amide bonds. The summed E-state index contributed by atoms with van der Waals surface area (Å²) in [7, 11) is 0. The molecule has 0 unspecified atom stereocenters. The van der Waals surface area contributed by atoms with E-state index in [-0.39, 0.29) is 17.2 Å². The van der Waals surface area contributed by atoms with Crippen molar-refractivity contribution in [2.24, 2.45) is 0 Å². The normalized spacial score (nSPS) is 11.5. The molecule has 0 radical (unpaired) electrons. The molecule has 0 heterocycles. The first kappa shape index (κ1) is 19.2. The second-order valence-corrected chi connectivity index (χ2v) is 6.59. The van der Waals surface area contributed by atoms with Crippen molar-refractivity contribution in [3.05, 3.63) is 95.1 Å². The molecule has 0 aliphatic heterocycles. The third-order valence-electron chi connectivity index (χ3n) is 4.55. The average molecular weight is 374 g/mol. The summed E-state index contributed by atoms with van der Waals surface area (Å²) in [5.41, 5.74) is 3.36. The Labute approximate surface area is 164 Å². The number of carbonyl (C=O) groups is 2. The summed E-state index contributed by atoms with van der Waals surface area (Å²) in [5, 5.41) is 15.6. The lowest BCUT2D eigenvalue weighted by Gasteiger charge is -2.21. The number of aryl methyl sites for hydroxylation is 2. The van der Waals surface area contributed by atoms with Crippen molar-refractivity contribution in [2.75, 3.05) is 5.32 Å². The number of hydrogen-bond acceptors (Lipinski definition) is 3. The molecular formula is C23H22N2O3. The van der Waals surface area contributed by atoms with E-state index in [9.17, 15) is 14.7 Å². The van der Waals surface area contributed by atoms with Crippen LogP contribution in [0.4, 0.5) is 5.69 Å². The van der Waals surface area contributed by atoms with E-state index < -0.39 is 11.9 Å². The number of para-hydroxylation sites is 2. The molecule has 3 N–H and O–H groups in total. The summed E-state index contributed by atoms with van der Waals surface area (Å²) in [5.74, 6) is -1.02. The van der Waals surface area contributed by atoms with Gasteiger partial charge in [-0.3, -0.25) is 9.59 Å². The number of amides is 2. The van der Waals surface area contributed by atoms with Crippen LogP contribution in [0.2, 0.25) is 0 Å². The lowest BCUT2D eigenvalue weighted by atomic mass is 10.0. The topological polar surface area (TPSA) is 78.4 Å². The maximum absolute atomic E-state index is 13.1. The molecule has 0 spiro atoms. The Balaban J connectivity index is 1.90. The van der Waals surface area contributed by atoms with Crippen LogP contribution < -0.4 is 10.6 Å². The highest BCUT2D eigenvalue weighted by Gasteiger charge is 2.25. The highest BCUT2D eigenvalue weighted by molar-refractivity contribution is 6.03. The number of phenolic OH excluding ortho intramolecular Hbond substituents is 1. The molecule has 0 saturated heterocycles. The minimum Gasteiger partial charge on any atom is -0.507 e. The SMILES string of the molecule is Cc1cccc(C)c1NC(=O)[C@H](NC(=O)c1ccccc1O)c1ccccc1. The van der Waals surface area contributed by atoms with Gasteiger partial charge in [-0.2, -0.15) is 0 Å². The van der Waals surface area contributed by atoms with Crippen LogP contribution in [0.5, 0.6) is 5.75 Å². The van der Waals surface area contributed by atoms with Crippen molar-refractivity contribution in [1.82, 2.24) is 5.32 Å². The van der Waals surface area contributed by atoms with E-state index in [1.807, 2.05) is 38.1 Å². The van der Waals surface area contributed by atoms with E-state index >= 15 is 0 Å². The Bertz CT molecular complexity index is 979. The molecule has 3 aromatic rings. The van der Waals surface area contributed by atoms with E-state index in [2.05, 4.69) is 10.6 Å². The molecule has 3 rings (SSSR count). The van der Waals surface area contributed by atoms with Crippen molar-refractivity contribution in [3.8, 4) is 5.75 Å². The van der Waals surface area contributed by atoms with E-state index in [1.165, 1.54) is 12.1 Å². The minimum atomic E-state index is -0.910. The van der Waals surface area contributed by atoms with Gasteiger partial charge in [0.1, 0.15) is 11.8 Å². The quantitative estimate of drug-likeness (QED) is 0.629. The van der Waals surface area contributed by atoms with Gasteiger partial charge in [-0.15, -0.1) is 0 Å². The molecule has 3 aromatic carbocycles. The Hall–Kier alpha value is -3.60. The number of hydrogen-bond donors (Lipinski definition) is 3. The number of carbonyl (C=O) groups excluding carboxylic acids is 2. The van der Waals surface area contributed by atoms with Gasteiger partial charge in [0.05, 0.1) is 5.56 Å². The highest BCUT2D eigenvalue weighted by atomic mass is 16.3. The van der Waals surface area contributed by atoms with Crippen LogP contribution in [0.15, 0.2) is 72.8 Å². The van der Waals surface area contributed by atoms with Crippen molar-refractivity contribution >= 4 is 17.5 Å². The van der Waals surface area contributed by atoms with Crippen LogP contribution in [0.1, 0.15) is 33.1 Å². The third-order valence-corrected chi connectivity index (χ3v) is 4.55. The van der Waals surface area contributed by atoms with Crippen LogP contribution in [0.3, 0.4) is 0 Å². The van der Waals surface area contributed by atoms with Crippen molar-refractivity contribution in [2.45, 2.75) is 19.9 Å². The monoisotopic (exact) mass is 374 g/mol. The number of nitrogens with one attached hydrogen (secondary N) is 2. The summed E-state index contributed by atoms with van der Waals surface area (Å²) in [6, 6.07) is 20.1. The highest BCUT2D eigenvalue weighted by Crippen LogP contribution is 2.23. The first-order valence-corrected chi connectivity index (χ1v) is 8.98. The molecule has 0 bridgehead atoms. The summed E-state index contributed by atoms with van der Waals surface area (Å²) >= 11 is 0. The zero-order valence-electron chi connectivity index (χ0n) is 15.8. The van der Waals surface area contributed by atoms with E-state index in [0.717, 1.165) is 16.8 Å². The number of benzene rings is 3. The van der Waals surface area contributed by atoms with Crippen LogP contribution in [0, 0.1) is 13.8 Å². The standard InChI is InChI=1S/C23H22N2O3/c1-15-9-8-10-16(2)20(15)24-23(28)21(17-11-4-3-5-12-17)25-22(27)18-13-6-7-14-19(18)26/h3-14,21,26H,1-2H3,(H,24,28)(H,25,27)/t21-/m1/s1. The molecule has 5 heteroatoms. The maximum Gasteiger partial charge on any atom is 0.255 e. The smallest absolute Gasteiger partial charge is 0.255 e. The Morgan fingerprint density at radius 2 is 1.43 bits per heavy atom. The molecule has 0 saturated carbocycles. The van der Waals surface area contributed by atoms with Crippen LogP contribution in [-0.2, 0) is 4.79 Å². The van der Waals surface area contributed by atoms with Gasteiger partial charge in [-0.25, -0.2) is 0 Å². The number of anilines is 1. The van der Waals surface area contributed by atoms with Crippen LogP contribution in [-0.4, -0.2) is 16.9 Å². The van der Waals surface area contributed by atoms with Crippen molar-refractivity contribution < 1.29 is 14.7 Å². The molecular weight excluding hydrogens is 352 g/mol. The van der Waals surface area contributed by atoms with Gasteiger partial charge in [0.25, 0.3) is 11.8 Å². The van der Waals surface area contributed by atoms with Crippen LogP contribution in [0.25, 0.3) is 0 Å². The summed E-state index contributed by atoms with van der Waals surface area (Å²) in [6.45, 7) is 3.83. The van der Waals surface area contributed by atoms with Crippen molar-refractivity contribution in [1.29, 1.82) is 0 Å². The van der Waals surface area contributed by atoms with Gasteiger partial charge >= 0.3 is 0 Å². The lowest BCUT2D eigenvalue weighted by Crippen LogP contribution is -2.37. The lowest BCUT2D eigenvalue weighted by molar-refractivity contribution is -0.118. The van der Waals surface area contributed by atoms with Gasteiger partial charge in [0.2, 0.25) is 0 Å². The Kier molecular flexibility index (Phi) is 5.75. The first-order valence-electron chi connectivity index (χ1n) is 8.98. The second kappa shape index (κ2) is 8.39. The fourth-order valence-electron chi connectivity index (χ4n) is 3.03. The predicted octanol–water partition coefficient (Wildman–Crippen LogP) is 4.12. The average Bonchev–Trinajstić information content (AvgIpc) is 2.69. The Morgan fingerprint density at radius 1 is 0.821 bits per heavy atom. The minimum absolute atomic E-state index is 0.114. The second-order valence-electron chi connectivity index (χ2n) is 6.59. The summed E-state index contributed by atoms with van der Waals surface area (Å²) in [6.07, 6.45) is 0. The zero-order valence-corrected chi connectivity index (χ0v) is 15.8. The summed E-state index contributed by atoms with van der Waals surface area (Å²) in [4.78, 5) is 25.8. The Morgan fingerprint density at radius 3 is 2.07 bits per heavy atom. The molecule has 28 heavy (non-hydrogen) atoms. The molecule has 0 aromatic heterocycles. The van der Waals surface area contributed by atoms with Gasteiger partial charge in [0.15, 0.2) is 0 Å². The fourth-order valence-corrected chi connectivity index (χ4v) is 3.03. The maximum atomic E-state index is 13.1. The number of phenols is 1. The summed E-state index contributed by atoms with van der Waals surface area (Å²) < 4.78 is 0. The van der Waals surface area contributed by atoms with Crippen LogP contribution >= 0.6 is 0 Å². The zero-order chi connectivity index (χ0) is 20.1. The van der Waals surface area contributed by atoms with Gasteiger partial charge in [-0.05, 0) is 42.7 Å². The largest absolute Gasteiger partial charge is 0.507 e. The molecule has 5 nitrogen and oxygen atoms in total. The van der Waals surface area contributed by atoms with Gasteiger partial charge < -0.3 is 15.7 Å².